The average Bonchev–Trinajstić information content (AvgIpc) is 3.42. The minimum Gasteiger partial charge on any atom is -0.382 e. The van der Waals surface area contributed by atoms with Crippen LogP contribution in [0.1, 0.15) is 29.3 Å². The maximum atomic E-state index is 13.2. The summed E-state index contributed by atoms with van der Waals surface area (Å²) in [4.78, 5) is 12.8. The van der Waals surface area contributed by atoms with Gasteiger partial charge in [-0.15, -0.1) is 0 Å². The number of hydrogen-bond acceptors (Lipinski definition) is 6. The number of anilines is 1. The fourth-order valence-corrected chi connectivity index (χ4v) is 4.01. The van der Waals surface area contributed by atoms with E-state index in [2.05, 4.69) is 27.3 Å². The summed E-state index contributed by atoms with van der Waals surface area (Å²) in [6, 6.07) is 15.0. The van der Waals surface area contributed by atoms with Crippen LogP contribution >= 0.6 is 11.6 Å². The van der Waals surface area contributed by atoms with Crippen LogP contribution in [0.5, 0.6) is 0 Å². The highest BCUT2D eigenvalue weighted by atomic mass is 35.5. The van der Waals surface area contributed by atoms with E-state index >= 15 is 0 Å². The molecule has 2 aromatic carbocycles. The summed E-state index contributed by atoms with van der Waals surface area (Å²) in [6.45, 7) is 0.938. The fraction of sp³-hybridized carbons (Fsp3) is 0.261. The first-order valence-corrected chi connectivity index (χ1v) is 10.9. The maximum absolute atomic E-state index is 13.2. The lowest BCUT2D eigenvalue weighted by Gasteiger charge is -2.18. The average molecular weight is 468 g/mol. The molecule has 3 aromatic rings. The van der Waals surface area contributed by atoms with E-state index in [0.717, 1.165) is 5.56 Å². The molecule has 33 heavy (non-hydrogen) atoms. The molecule has 2 atom stereocenters. The molecule has 10 heteroatoms. The molecule has 0 saturated carbocycles. The highest BCUT2D eigenvalue weighted by Crippen LogP contribution is 2.26. The summed E-state index contributed by atoms with van der Waals surface area (Å²) in [5.74, 6) is -0.498. The molecule has 8 nitrogen and oxygen atoms in total. The first-order chi connectivity index (χ1) is 16.0. The Labute approximate surface area is 195 Å². The molecule has 1 fully saturated rings. The minimum absolute atomic E-state index is 0.0655. The largest absolute Gasteiger partial charge is 0.382 e. The Balaban J connectivity index is 1.35. The lowest BCUT2D eigenvalue weighted by molar-refractivity contribution is -0.124. The first kappa shape index (κ1) is 22.7. The number of rotatable bonds is 7. The molecular formula is C23H23ClFN7O. The summed E-state index contributed by atoms with van der Waals surface area (Å²) in [5.41, 5.74) is 14.7. The maximum Gasteiger partial charge on any atom is 0.226 e. The van der Waals surface area contributed by atoms with Gasteiger partial charge in [0.05, 0.1) is 23.3 Å². The normalized spacial score (nSPS) is 17.6. The molecule has 2 unspecified atom stereocenters. The number of hydrazine groups is 1. The van der Waals surface area contributed by atoms with E-state index < -0.39 is 0 Å². The third kappa shape index (κ3) is 4.98. The Morgan fingerprint density at radius 3 is 2.70 bits per heavy atom. The number of nitrogens with zero attached hydrogens (tertiary/aromatic N) is 3. The zero-order chi connectivity index (χ0) is 23.4. The summed E-state index contributed by atoms with van der Waals surface area (Å²) in [5, 5.41) is 17.6. The molecule has 0 spiro atoms. The predicted octanol–water partition coefficient (Wildman–Crippen LogP) is 2.63. The zero-order valence-corrected chi connectivity index (χ0v) is 18.4. The van der Waals surface area contributed by atoms with Crippen LogP contribution in [-0.4, -0.2) is 28.8 Å². The van der Waals surface area contributed by atoms with Crippen LogP contribution in [0.15, 0.2) is 48.5 Å². The van der Waals surface area contributed by atoms with Gasteiger partial charge in [-0.25, -0.2) is 14.5 Å². The molecule has 1 aromatic heterocycles. The van der Waals surface area contributed by atoms with Crippen molar-refractivity contribution in [3.8, 4) is 11.8 Å². The number of nitrogens with one attached hydrogen (secondary N) is 3. The van der Waals surface area contributed by atoms with Crippen LogP contribution in [0.2, 0.25) is 5.02 Å². The van der Waals surface area contributed by atoms with Gasteiger partial charge in [-0.05, 0) is 54.8 Å². The Morgan fingerprint density at radius 1 is 1.27 bits per heavy atom. The first-order valence-electron chi connectivity index (χ1n) is 10.5. The quantitative estimate of drug-likeness (QED) is 0.396. The number of nitrogens with two attached hydrogens (primary N) is 1. The van der Waals surface area contributed by atoms with Gasteiger partial charge in [0.15, 0.2) is 0 Å². The number of nitriles is 1. The standard InChI is InChI=1S/C23H23ClFN7O/c24-15-5-3-14(4-6-15)21-19(13-29-30-21)23(33)28-11-1-2-20-18(12-26)22(27)32(31-20)17-9-7-16(25)8-10-17/h3-10,19,21,29-30H,1-2,11,13,27H2,(H,28,33). The van der Waals surface area contributed by atoms with E-state index in [9.17, 15) is 14.4 Å². The summed E-state index contributed by atoms with van der Waals surface area (Å²) in [6.07, 6.45) is 1.04. The fourth-order valence-electron chi connectivity index (χ4n) is 3.88. The number of hydrogen-bond donors (Lipinski definition) is 4. The Morgan fingerprint density at radius 2 is 2.00 bits per heavy atom. The number of carbonyl (C=O) groups is 1. The van der Waals surface area contributed by atoms with E-state index in [0.29, 0.717) is 42.3 Å². The molecule has 4 rings (SSSR count). The van der Waals surface area contributed by atoms with Gasteiger partial charge in [-0.2, -0.15) is 10.4 Å². The number of benzene rings is 2. The van der Waals surface area contributed by atoms with Gasteiger partial charge in [-0.1, -0.05) is 23.7 Å². The van der Waals surface area contributed by atoms with Gasteiger partial charge in [0.1, 0.15) is 23.3 Å². The van der Waals surface area contributed by atoms with Crippen molar-refractivity contribution in [3.63, 3.8) is 0 Å². The van der Waals surface area contributed by atoms with Crippen LogP contribution in [0, 0.1) is 23.1 Å². The van der Waals surface area contributed by atoms with Gasteiger partial charge < -0.3 is 11.1 Å². The van der Waals surface area contributed by atoms with Crippen molar-refractivity contribution in [2.75, 3.05) is 18.8 Å². The van der Waals surface area contributed by atoms with Crippen molar-refractivity contribution < 1.29 is 9.18 Å². The molecular weight excluding hydrogens is 445 g/mol. The molecule has 1 aliphatic heterocycles. The van der Waals surface area contributed by atoms with Gasteiger partial charge in [0, 0.05) is 18.1 Å². The van der Waals surface area contributed by atoms with E-state index in [-0.39, 0.29) is 35.1 Å². The monoisotopic (exact) mass is 467 g/mol. The highest BCUT2D eigenvalue weighted by molar-refractivity contribution is 6.30. The summed E-state index contributed by atoms with van der Waals surface area (Å²) < 4.78 is 14.6. The third-order valence-corrected chi connectivity index (χ3v) is 5.87. The molecule has 0 aliphatic carbocycles. The molecule has 1 saturated heterocycles. The predicted molar refractivity (Wildman–Crippen MR) is 123 cm³/mol. The number of aryl methyl sites for hydroxylation is 1. The van der Waals surface area contributed by atoms with Gasteiger partial charge >= 0.3 is 0 Å². The van der Waals surface area contributed by atoms with E-state index in [4.69, 9.17) is 17.3 Å². The lowest BCUT2D eigenvalue weighted by atomic mass is 9.94. The number of aromatic nitrogens is 2. The van der Waals surface area contributed by atoms with Crippen LogP contribution in [0.3, 0.4) is 0 Å². The number of amides is 1. The molecule has 0 bridgehead atoms. The third-order valence-electron chi connectivity index (χ3n) is 5.61. The van der Waals surface area contributed by atoms with Crippen molar-refractivity contribution in [1.82, 2.24) is 25.9 Å². The second-order valence-corrected chi connectivity index (χ2v) is 8.20. The summed E-state index contributed by atoms with van der Waals surface area (Å²) in [7, 11) is 0. The van der Waals surface area contributed by atoms with Gasteiger partial charge in [-0.3, -0.25) is 10.2 Å². The van der Waals surface area contributed by atoms with Crippen molar-refractivity contribution in [3.05, 3.63) is 76.2 Å². The van der Waals surface area contributed by atoms with E-state index in [1.54, 1.807) is 24.3 Å². The summed E-state index contributed by atoms with van der Waals surface area (Å²) >= 11 is 5.96. The number of nitrogen functional groups attached to an aromatic ring is 1. The molecule has 0 radical (unpaired) electrons. The Bertz CT molecular complexity index is 1170. The lowest BCUT2D eigenvalue weighted by Crippen LogP contribution is -2.35. The van der Waals surface area contributed by atoms with Crippen molar-refractivity contribution >= 4 is 23.3 Å². The zero-order valence-electron chi connectivity index (χ0n) is 17.7. The van der Waals surface area contributed by atoms with Crippen LogP contribution in [0.4, 0.5) is 10.2 Å². The van der Waals surface area contributed by atoms with E-state index in [1.807, 2.05) is 12.1 Å². The molecule has 170 valence electrons. The minimum atomic E-state index is -0.369. The van der Waals surface area contributed by atoms with Crippen LogP contribution in [0.25, 0.3) is 5.69 Å². The second kappa shape index (κ2) is 10.0. The molecule has 1 aliphatic rings. The van der Waals surface area contributed by atoms with Crippen molar-refractivity contribution in [2.45, 2.75) is 18.9 Å². The number of halogens is 2. The van der Waals surface area contributed by atoms with Crippen molar-refractivity contribution in [1.29, 1.82) is 5.26 Å². The Hall–Kier alpha value is -3.45. The topological polar surface area (TPSA) is 121 Å². The van der Waals surface area contributed by atoms with E-state index in [1.165, 1.54) is 16.8 Å². The van der Waals surface area contributed by atoms with Crippen LogP contribution < -0.4 is 21.9 Å². The molecule has 5 N–H and O–H groups in total. The Kier molecular flexibility index (Phi) is 6.89. The smallest absolute Gasteiger partial charge is 0.226 e. The molecule has 2 heterocycles. The number of carbonyl (C=O) groups excluding carboxylic acids is 1. The van der Waals surface area contributed by atoms with Gasteiger partial charge in [0.25, 0.3) is 0 Å². The van der Waals surface area contributed by atoms with Gasteiger partial charge in [0.2, 0.25) is 5.91 Å². The van der Waals surface area contributed by atoms with Crippen LogP contribution in [-0.2, 0) is 11.2 Å². The second-order valence-electron chi connectivity index (χ2n) is 7.76. The molecule has 1 amide bonds. The SMILES string of the molecule is N#Cc1c(CCCNC(=O)C2CNNC2c2ccc(Cl)cc2)nn(-c2ccc(F)cc2)c1N. The highest BCUT2D eigenvalue weighted by Gasteiger charge is 2.33. The van der Waals surface area contributed by atoms with Crippen molar-refractivity contribution in [2.24, 2.45) is 5.92 Å².